The van der Waals surface area contributed by atoms with Crippen LogP contribution in [-0.4, -0.2) is 189 Å². The van der Waals surface area contributed by atoms with Crippen molar-refractivity contribution in [2.24, 2.45) is 0 Å². The first-order valence-corrected chi connectivity index (χ1v) is 50.2. The smallest absolute Gasteiger partial charge is 0.240 e. The summed E-state index contributed by atoms with van der Waals surface area (Å²) in [7, 11) is -5.21. The van der Waals surface area contributed by atoms with Gasteiger partial charge in [0.2, 0.25) is 37.8 Å². The summed E-state index contributed by atoms with van der Waals surface area (Å²) in [5.41, 5.74) is 7.70. The van der Waals surface area contributed by atoms with Crippen molar-refractivity contribution in [3.63, 3.8) is 0 Å². The van der Waals surface area contributed by atoms with E-state index in [-0.39, 0.29) is 148 Å². The van der Waals surface area contributed by atoms with Crippen LogP contribution in [0.4, 0.5) is 0 Å². The summed E-state index contributed by atoms with van der Waals surface area (Å²) in [5.74, 6) is -0.943. The Kier molecular flexibility index (Phi) is 42.1. The number of benzene rings is 6. The van der Waals surface area contributed by atoms with Gasteiger partial charge in [0, 0.05) is 145 Å². The highest BCUT2D eigenvalue weighted by Crippen LogP contribution is 2.43. The second-order valence-corrected chi connectivity index (χ2v) is 41.0. The highest BCUT2D eigenvalue weighted by atomic mass is 35.5. The third-order valence-corrected chi connectivity index (χ3v) is 29.4. The first-order chi connectivity index (χ1) is 58.1. The third kappa shape index (κ3) is 32.7. The van der Waals surface area contributed by atoms with Gasteiger partial charge in [0.05, 0.1) is 66.7 Å². The monoisotopic (exact) mass is 1840 g/mol. The van der Waals surface area contributed by atoms with E-state index in [1.165, 1.54) is 25.7 Å². The quantitative estimate of drug-likeness (QED) is 0.0222. The zero-order valence-corrected chi connectivity index (χ0v) is 77.9. The number of carbonyl (C=O) groups excluding carboxylic acids is 3. The van der Waals surface area contributed by atoms with Gasteiger partial charge in [-0.15, -0.1) is 0 Å². The van der Waals surface area contributed by atoms with E-state index >= 15 is 0 Å². The number of hydrogen-bond donors (Lipinski definition) is 5. The van der Waals surface area contributed by atoms with Gasteiger partial charge in [-0.25, -0.2) is 34.7 Å². The molecule has 0 saturated heterocycles. The number of halogens is 6. The molecule has 0 aliphatic carbocycles. The van der Waals surface area contributed by atoms with Crippen LogP contribution in [0.2, 0.25) is 30.1 Å². The fourth-order valence-electron chi connectivity index (χ4n) is 16.6. The van der Waals surface area contributed by atoms with Gasteiger partial charge in [-0.05, 0) is 183 Å². The molecule has 5 N–H and O–H groups in total. The number of nitrogens with zero attached hydrogens (tertiary/aromatic N) is 3. The van der Waals surface area contributed by atoms with Crippen LogP contribution in [0.3, 0.4) is 0 Å². The number of amides is 3. The van der Waals surface area contributed by atoms with Crippen molar-refractivity contribution < 1.29 is 58.6 Å². The molecular weight excluding hydrogens is 1720 g/mol. The SMILES string of the molecule is CCCCCCCCCCC(=O)NC(CCCCCCCCCCCCNS(=O)(=O)c1cccc([C@@H]2CN(C)Cc3c(Cl)cc(Cl)cc32)c1)(CCC(=O)NCCOCCOCCCS(=O)(=O)c1cccc([C@@H]2CN(C)Cc3c(Cl)cc(Cl)cc32)c1)CCC(=O)NCCOCCOCCNS(=O)(=O)c1cccc([C@@H]2CN(C)Cc3c(Cl)cc(Cl)cc32)c1. The number of sulfonamides is 2. The van der Waals surface area contributed by atoms with Crippen molar-refractivity contribution >= 4 is 117 Å². The molecule has 3 aliphatic heterocycles. The number of hydrogen-bond acceptors (Lipinski definition) is 16. The molecule has 30 heteroatoms. The van der Waals surface area contributed by atoms with E-state index in [2.05, 4.69) is 47.0 Å². The molecule has 1 unspecified atom stereocenters. The van der Waals surface area contributed by atoms with Crippen molar-refractivity contribution in [2.45, 2.75) is 225 Å². The zero-order chi connectivity index (χ0) is 86.8. The van der Waals surface area contributed by atoms with Crippen LogP contribution in [0, 0.1) is 0 Å². The molecule has 668 valence electrons. The Hall–Kier alpha value is -5.04. The van der Waals surface area contributed by atoms with Crippen molar-refractivity contribution in [1.29, 1.82) is 0 Å². The molecule has 121 heavy (non-hydrogen) atoms. The minimum absolute atomic E-state index is 0.0370. The molecule has 0 spiro atoms. The number of sulfone groups is 1. The lowest BCUT2D eigenvalue weighted by molar-refractivity contribution is -0.126. The molecule has 9 rings (SSSR count). The maximum absolute atomic E-state index is 14.1. The zero-order valence-electron chi connectivity index (χ0n) is 70.9. The number of unbranched alkanes of at least 4 members (excludes halogenated alkanes) is 16. The highest BCUT2D eigenvalue weighted by molar-refractivity contribution is 7.91. The second-order valence-electron chi connectivity index (χ2n) is 32.8. The Labute approximate surface area is 750 Å². The minimum Gasteiger partial charge on any atom is -0.379 e. The van der Waals surface area contributed by atoms with Crippen LogP contribution in [0.25, 0.3) is 0 Å². The van der Waals surface area contributed by atoms with Crippen LogP contribution in [-0.2, 0) is 82.8 Å². The maximum Gasteiger partial charge on any atom is 0.240 e. The number of rotatable bonds is 56. The second kappa shape index (κ2) is 51.1. The molecule has 0 saturated carbocycles. The van der Waals surface area contributed by atoms with Crippen molar-refractivity contribution in [3.8, 4) is 0 Å². The summed E-state index contributed by atoms with van der Waals surface area (Å²) in [6, 6.07) is 32.1. The van der Waals surface area contributed by atoms with Gasteiger partial charge in [-0.2, -0.15) is 0 Å². The highest BCUT2D eigenvalue weighted by Gasteiger charge is 2.35. The Morgan fingerprint density at radius 3 is 1.18 bits per heavy atom. The summed E-state index contributed by atoms with van der Waals surface area (Å²) < 4.78 is 110. The molecule has 6 aromatic rings. The third-order valence-electron chi connectivity index (χ3n) is 23.1. The molecule has 21 nitrogen and oxygen atoms in total. The molecule has 0 radical (unpaired) electrons. The maximum atomic E-state index is 14.1. The Balaban J connectivity index is 0.715. The summed E-state index contributed by atoms with van der Waals surface area (Å²) >= 11 is 39.2. The Morgan fingerprint density at radius 2 is 0.752 bits per heavy atom. The number of nitrogens with one attached hydrogen (secondary N) is 5. The minimum atomic E-state index is -3.88. The van der Waals surface area contributed by atoms with E-state index in [1.54, 1.807) is 72.8 Å². The van der Waals surface area contributed by atoms with Crippen molar-refractivity contribution in [3.05, 3.63) is 189 Å². The number of fused-ring (bicyclic) bond motifs is 3. The van der Waals surface area contributed by atoms with E-state index < -0.39 is 35.4 Å². The lowest BCUT2D eigenvalue weighted by Crippen LogP contribution is -2.50. The van der Waals surface area contributed by atoms with Gasteiger partial charge in [-0.3, -0.25) is 14.4 Å². The first-order valence-electron chi connectivity index (χ1n) is 43.3. The van der Waals surface area contributed by atoms with E-state index in [4.69, 9.17) is 88.6 Å². The lowest BCUT2D eigenvalue weighted by Gasteiger charge is -2.35. The Morgan fingerprint density at radius 1 is 0.388 bits per heavy atom. The largest absolute Gasteiger partial charge is 0.379 e. The van der Waals surface area contributed by atoms with Gasteiger partial charge in [0.25, 0.3) is 0 Å². The average molecular weight is 1850 g/mol. The molecule has 3 aliphatic rings. The average Bonchev–Trinajstić information content (AvgIpc) is 0.760. The first kappa shape index (κ1) is 99.7. The molecule has 0 aromatic heterocycles. The van der Waals surface area contributed by atoms with Crippen LogP contribution in [0.5, 0.6) is 0 Å². The molecule has 6 aromatic carbocycles. The van der Waals surface area contributed by atoms with E-state index in [0.717, 1.165) is 140 Å². The molecular formula is C91H126Cl6N8O13S3. The van der Waals surface area contributed by atoms with Crippen LogP contribution >= 0.6 is 69.6 Å². The summed E-state index contributed by atoms with van der Waals surface area (Å²) in [5, 5.41) is 12.8. The Bertz CT molecular complexity index is 4490. The molecule has 4 atom stereocenters. The molecule has 3 heterocycles. The predicted octanol–water partition coefficient (Wildman–Crippen LogP) is 18.0. The summed E-state index contributed by atoms with van der Waals surface area (Å²) in [4.78, 5) is 48.8. The summed E-state index contributed by atoms with van der Waals surface area (Å²) in [6.07, 6.45) is 20.1. The van der Waals surface area contributed by atoms with Gasteiger partial charge in [-0.1, -0.05) is 216 Å². The lowest BCUT2D eigenvalue weighted by atomic mass is 9.82. The van der Waals surface area contributed by atoms with Gasteiger partial charge in [0.15, 0.2) is 9.84 Å². The number of likely N-dealkylation sites (N-methyl/N-ethyl adjacent to an activating group) is 3. The number of ether oxygens (including phenoxy) is 4. The van der Waals surface area contributed by atoms with Gasteiger partial charge < -0.3 is 49.6 Å². The fraction of sp³-hybridized carbons (Fsp3) is 0.571. The molecule has 0 bridgehead atoms. The molecule has 0 fully saturated rings. The van der Waals surface area contributed by atoms with E-state index in [0.29, 0.717) is 102 Å². The van der Waals surface area contributed by atoms with Crippen molar-refractivity contribution in [2.75, 3.05) is 126 Å². The van der Waals surface area contributed by atoms with E-state index in [9.17, 15) is 39.6 Å². The van der Waals surface area contributed by atoms with Gasteiger partial charge >= 0.3 is 0 Å². The predicted molar refractivity (Wildman–Crippen MR) is 487 cm³/mol. The van der Waals surface area contributed by atoms with Crippen LogP contribution in [0.1, 0.15) is 235 Å². The molecule has 3 amide bonds. The standard InChI is InChI=1S/C91H126Cl6N8O13S3/c1-5-6-7-8-9-14-17-20-33-90(108)102-91(36-21-18-15-12-10-11-13-16-19-22-39-100-120(111,112)74-31-24-28-68(53-74)80-62-104(3)65-83-77(80)56-71(93)59-86(83)96,37-34-88(106)98-40-44-116-48-47-115-43-26-51-119(109,110)73-30-23-27-67(52-73)79-61-103(2)64-82-76(79)55-70(92)58-85(82)95)38-35-89(107)99-41-45-117-49-50-118-46-42-101-121(113,114)75-32-25-29-69(54-75)81-63-105(4)66-84-78(81)57-72(94)60-87(84)97/h23-25,27-32,52-60,79-81,100-101H,5-22,26,33-51,61-66H2,1-4H3,(H,98,106)(H,99,107)(H,102,108)/t79-,80-,81-,91?/m0/s1. The van der Waals surface area contributed by atoms with Crippen LogP contribution < -0.4 is 25.4 Å². The normalized spacial score (nSPS) is 16.5. The van der Waals surface area contributed by atoms with Crippen molar-refractivity contribution in [1.82, 2.24) is 40.1 Å². The summed E-state index contributed by atoms with van der Waals surface area (Å²) in [6.45, 7) is 8.70. The van der Waals surface area contributed by atoms with E-state index in [1.807, 2.05) is 57.5 Å². The topological polar surface area (TPSA) is 260 Å². The van der Waals surface area contributed by atoms with Gasteiger partial charge in [0.1, 0.15) is 0 Å². The fourth-order valence-corrected chi connectivity index (χ4v) is 21.8. The van der Waals surface area contributed by atoms with Crippen LogP contribution in [0.15, 0.2) is 124 Å². The number of carbonyl (C=O) groups is 3.